The number of ether oxygens (including phenoxy) is 1. The Kier molecular flexibility index (Phi) is 5.44. The normalized spacial score (nSPS) is 15.8. The molecular weight excluding hydrogens is 368 g/mol. The molecule has 1 aliphatic rings. The molecule has 1 atom stereocenters. The summed E-state index contributed by atoms with van der Waals surface area (Å²) in [5.74, 6) is 1.37. The highest BCUT2D eigenvalue weighted by atomic mass is 32.1. The van der Waals surface area contributed by atoms with Crippen LogP contribution in [-0.2, 0) is 11.2 Å². The maximum atomic E-state index is 12.6. The molecule has 5 heteroatoms. The quantitative estimate of drug-likeness (QED) is 0.656. The van der Waals surface area contributed by atoms with Crippen LogP contribution in [0.25, 0.3) is 10.6 Å². The Balaban J connectivity index is 1.41. The Bertz CT molecular complexity index is 963. The summed E-state index contributed by atoms with van der Waals surface area (Å²) < 4.78 is 5.67. The van der Waals surface area contributed by atoms with Gasteiger partial charge in [0.25, 0.3) is 0 Å². The number of fused-ring (bicyclic) bond motifs is 1. The van der Waals surface area contributed by atoms with Crippen LogP contribution in [0.4, 0.5) is 0 Å². The lowest BCUT2D eigenvalue weighted by Gasteiger charge is -2.26. The second-order valence-corrected chi connectivity index (χ2v) is 8.25. The zero-order valence-corrected chi connectivity index (χ0v) is 17.0. The van der Waals surface area contributed by atoms with Gasteiger partial charge in [0, 0.05) is 22.9 Å². The monoisotopic (exact) mass is 392 g/mol. The van der Waals surface area contributed by atoms with Crippen molar-refractivity contribution >= 4 is 17.2 Å². The Morgan fingerprint density at radius 3 is 2.79 bits per heavy atom. The minimum absolute atomic E-state index is 0.000802. The van der Waals surface area contributed by atoms with Crippen LogP contribution in [-0.4, -0.2) is 17.5 Å². The van der Waals surface area contributed by atoms with Crippen molar-refractivity contribution in [3.05, 3.63) is 70.7 Å². The van der Waals surface area contributed by atoms with Crippen molar-refractivity contribution in [3.63, 3.8) is 0 Å². The summed E-state index contributed by atoms with van der Waals surface area (Å²) in [7, 11) is 0. The number of para-hydroxylation sites is 1. The molecule has 2 heterocycles. The summed E-state index contributed by atoms with van der Waals surface area (Å²) in [5.41, 5.74) is 4.27. The van der Waals surface area contributed by atoms with Gasteiger partial charge in [-0.3, -0.25) is 4.79 Å². The third-order valence-electron chi connectivity index (χ3n) is 5.01. The molecule has 1 amide bonds. The van der Waals surface area contributed by atoms with Crippen molar-refractivity contribution in [1.82, 2.24) is 10.3 Å². The van der Waals surface area contributed by atoms with Crippen molar-refractivity contribution in [2.75, 3.05) is 6.61 Å². The van der Waals surface area contributed by atoms with E-state index >= 15 is 0 Å². The molecule has 0 saturated heterocycles. The molecule has 4 nitrogen and oxygen atoms in total. The molecule has 4 rings (SSSR count). The van der Waals surface area contributed by atoms with Crippen LogP contribution in [0, 0.1) is 0 Å². The number of rotatable bonds is 5. The Morgan fingerprint density at radius 2 is 2.00 bits per heavy atom. The maximum absolute atomic E-state index is 12.6. The Hall–Kier alpha value is -2.66. The molecule has 1 aliphatic heterocycles. The minimum Gasteiger partial charge on any atom is -0.493 e. The zero-order chi connectivity index (χ0) is 19.5. The third-order valence-corrected chi connectivity index (χ3v) is 5.95. The molecule has 2 aromatic carbocycles. The van der Waals surface area contributed by atoms with E-state index in [2.05, 4.69) is 48.4 Å². The molecule has 28 heavy (non-hydrogen) atoms. The van der Waals surface area contributed by atoms with Gasteiger partial charge in [-0.25, -0.2) is 4.98 Å². The number of hydrogen-bond acceptors (Lipinski definition) is 4. The van der Waals surface area contributed by atoms with Crippen LogP contribution in [0.2, 0.25) is 0 Å². The second-order valence-electron chi connectivity index (χ2n) is 7.39. The molecule has 0 fully saturated rings. The van der Waals surface area contributed by atoms with Gasteiger partial charge >= 0.3 is 0 Å². The average Bonchev–Trinajstić information content (AvgIpc) is 3.16. The van der Waals surface area contributed by atoms with Crippen molar-refractivity contribution < 1.29 is 9.53 Å². The van der Waals surface area contributed by atoms with Gasteiger partial charge in [-0.1, -0.05) is 56.3 Å². The van der Waals surface area contributed by atoms with Crippen LogP contribution >= 0.6 is 11.3 Å². The van der Waals surface area contributed by atoms with Gasteiger partial charge in [-0.05, 0) is 17.5 Å². The van der Waals surface area contributed by atoms with E-state index in [1.54, 1.807) is 11.3 Å². The molecule has 0 unspecified atom stereocenters. The van der Waals surface area contributed by atoms with E-state index in [0.717, 1.165) is 34.0 Å². The number of hydrogen-bond donors (Lipinski definition) is 1. The van der Waals surface area contributed by atoms with Crippen molar-refractivity contribution in [1.29, 1.82) is 0 Å². The molecule has 1 aromatic heterocycles. The topological polar surface area (TPSA) is 51.2 Å². The molecule has 0 bridgehead atoms. The molecule has 0 aliphatic carbocycles. The molecule has 0 saturated carbocycles. The molecule has 0 spiro atoms. The van der Waals surface area contributed by atoms with E-state index in [1.807, 2.05) is 29.6 Å². The van der Waals surface area contributed by atoms with Crippen molar-refractivity contribution in [2.24, 2.45) is 0 Å². The van der Waals surface area contributed by atoms with Crippen LogP contribution < -0.4 is 10.1 Å². The standard InChI is InChI=1S/C23H24N2O2S/c1-15(2)16-7-9-17(10-8-16)23-24-18(14-28-23)13-22(26)25-20-11-12-27-21-6-4-3-5-19(20)21/h3-10,14-15,20H,11-13H2,1-2H3,(H,25,26)/t20-/m0/s1. The predicted molar refractivity (Wildman–Crippen MR) is 113 cm³/mol. The van der Waals surface area contributed by atoms with E-state index in [4.69, 9.17) is 4.74 Å². The first-order valence-corrected chi connectivity index (χ1v) is 10.5. The number of nitrogens with one attached hydrogen (secondary N) is 1. The summed E-state index contributed by atoms with van der Waals surface area (Å²) in [6.07, 6.45) is 1.08. The largest absolute Gasteiger partial charge is 0.493 e. The fraction of sp³-hybridized carbons (Fsp3) is 0.304. The van der Waals surface area contributed by atoms with Gasteiger partial charge in [0.05, 0.1) is 24.8 Å². The van der Waals surface area contributed by atoms with E-state index in [1.165, 1.54) is 5.56 Å². The van der Waals surface area contributed by atoms with Gasteiger partial charge in [0.1, 0.15) is 10.8 Å². The fourth-order valence-corrected chi connectivity index (χ4v) is 4.26. The molecule has 0 radical (unpaired) electrons. The molecular formula is C23H24N2O2S. The van der Waals surface area contributed by atoms with Crippen molar-refractivity contribution in [3.8, 4) is 16.3 Å². The highest BCUT2D eigenvalue weighted by Gasteiger charge is 2.23. The van der Waals surface area contributed by atoms with Gasteiger partial charge < -0.3 is 10.1 Å². The van der Waals surface area contributed by atoms with E-state index in [0.29, 0.717) is 18.9 Å². The zero-order valence-electron chi connectivity index (χ0n) is 16.1. The number of thiazole rings is 1. The van der Waals surface area contributed by atoms with Crippen LogP contribution in [0.3, 0.4) is 0 Å². The minimum atomic E-state index is -0.00583. The number of carbonyl (C=O) groups is 1. The van der Waals surface area contributed by atoms with E-state index in [-0.39, 0.29) is 11.9 Å². The maximum Gasteiger partial charge on any atom is 0.226 e. The fourth-order valence-electron chi connectivity index (χ4n) is 3.43. The number of carbonyl (C=O) groups excluding carboxylic acids is 1. The summed E-state index contributed by atoms with van der Waals surface area (Å²) in [5, 5.41) is 6.07. The Morgan fingerprint density at radius 1 is 1.21 bits per heavy atom. The molecule has 144 valence electrons. The predicted octanol–water partition coefficient (Wildman–Crippen LogP) is 5.12. The van der Waals surface area contributed by atoms with Crippen LogP contribution in [0.5, 0.6) is 5.75 Å². The van der Waals surface area contributed by atoms with Gasteiger partial charge in [0.2, 0.25) is 5.91 Å². The molecule has 3 aromatic rings. The number of nitrogens with zero attached hydrogens (tertiary/aromatic N) is 1. The lowest BCUT2D eigenvalue weighted by atomic mass is 10.0. The van der Waals surface area contributed by atoms with E-state index < -0.39 is 0 Å². The first-order valence-electron chi connectivity index (χ1n) is 9.66. The summed E-state index contributed by atoms with van der Waals surface area (Å²) >= 11 is 1.58. The molecule has 1 N–H and O–H groups in total. The average molecular weight is 393 g/mol. The number of benzene rings is 2. The van der Waals surface area contributed by atoms with Crippen LogP contribution in [0.15, 0.2) is 53.9 Å². The lowest BCUT2D eigenvalue weighted by molar-refractivity contribution is -0.121. The number of aromatic nitrogens is 1. The highest BCUT2D eigenvalue weighted by molar-refractivity contribution is 7.13. The number of amides is 1. The van der Waals surface area contributed by atoms with E-state index in [9.17, 15) is 4.79 Å². The smallest absolute Gasteiger partial charge is 0.226 e. The lowest BCUT2D eigenvalue weighted by Crippen LogP contribution is -2.33. The first kappa shape index (κ1) is 18.7. The summed E-state index contributed by atoms with van der Waals surface area (Å²) in [6.45, 7) is 4.99. The second kappa shape index (κ2) is 8.15. The van der Waals surface area contributed by atoms with Gasteiger partial charge in [0.15, 0.2) is 0 Å². The first-order chi connectivity index (χ1) is 13.6. The van der Waals surface area contributed by atoms with Crippen LogP contribution in [0.1, 0.15) is 49.0 Å². The third kappa shape index (κ3) is 4.09. The highest BCUT2D eigenvalue weighted by Crippen LogP contribution is 2.31. The summed E-state index contributed by atoms with van der Waals surface area (Å²) in [4.78, 5) is 17.2. The Labute approximate surface area is 169 Å². The summed E-state index contributed by atoms with van der Waals surface area (Å²) in [6, 6.07) is 16.4. The van der Waals surface area contributed by atoms with Gasteiger partial charge in [-0.2, -0.15) is 0 Å². The van der Waals surface area contributed by atoms with Crippen molar-refractivity contribution in [2.45, 2.75) is 38.6 Å². The SMILES string of the molecule is CC(C)c1ccc(-c2nc(CC(=O)N[C@H]3CCOc4ccccc43)cs2)cc1. The van der Waals surface area contributed by atoms with Gasteiger partial charge in [-0.15, -0.1) is 11.3 Å².